The van der Waals surface area contributed by atoms with E-state index in [9.17, 15) is 0 Å². The molecule has 104 valence electrons. The summed E-state index contributed by atoms with van der Waals surface area (Å²) in [6.07, 6.45) is 2.81. The van der Waals surface area contributed by atoms with Gasteiger partial charge in [-0.2, -0.15) is 0 Å². The molecule has 2 aliphatic heterocycles. The van der Waals surface area contributed by atoms with Crippen LogP contribution in [0.25, 0.3) is 0 Å². The highest BCUT2D eigenvalue weighted by atomic mass is 16.5. The molecular weight excluding hydrogens is 236 g/mol. The Labute approximate surface area is 115 Å². The van der Waals surface area contributed by atoms with Gasteiger partial charge in [0.05, 0.1) is 6.10 Å². The van der Waals surface area contributed by atoms with Gasteiger partial charge in [0.15, 0.2) is 0 Å². The highest BCUT2D eigenvalue weighted by Gasteiger charge is 2.25. The van der Waals surface area contributed by atoms with Crippen molar-refractivity contribution in [1.29, 1.82) is 0 Å². The van der Waals surface area contributed by atoms with E-state index in [0.717, 1.165) is 39.2 Å². The van der Waals surface area contributed by atoms with E-state index in [0.29, 0.717) is 12.0 Å². The van der Waals surface area contributed by atoms with Gasteiger partial charge in [-0.3, -0.25) is 0 Å². The zero-order valence-corrected chi connectivity index (χ0v) is 11.7. The fraction of sp³-hybridized carbons (Fsp3) is 0.625. The Balaban J connectivity index is 1.50. The van der Waals surface area contributed by atoms with Crippen molar-refractivity contribution in [2.24, 2.45) is 5.92 Å². The summed E-state index contributed by atoms with van der Waals surface area (Å²) in [5.74, 6) is 0.695. The molecule has 0 aliphatic carbocycles. The summed E-state index contributed by atoms with van der Waals surface area (Å²) in [4.78, 5) is 0. The third kappa shape index (κ3) is 2.99. The third-order valence-electron chi connectivity index (χ3n) is 4.39. The van der Waals surface area contributed by atoms with E-state index in [-0.39, 0.29) is 0 Å². The average Bonchev–Trinajstić information content (AvgIpc) is 3.06. The topological polar surface area (TPSA) is 33.3 Å². The van der Waals surface area contributed by atoms with Crippen LogP contribution in [0.15, 0.2) is 18.2 Å². The van der Waals surface area contributed by atoms with Gasteiger partial charge in [0.1, 0.15) is 0 Å². The summed E-state index contributed by atoms with van der Waals surface area (Å²) < 4.78 is 5.73. The molecule has 2 atom stereocenters. The van der Waals surface area contributed by atoms with Gasteiger partial charge in [0.25, 0.3) is 0 Å². The summed E-state index contributed by atoms with van der Waals surface area (Å²) in [5, 5.41) is 6.99. The minimum Gasteiger partial charge on any atom is -0.378 e. The minimum absolute atomic E-state index is 0.469. The first-order valence-electron chi connectivity index (χ1n) is 7.50. The number of fused-ring (bicyclic) bond motifs is 1. The summed E-state index contributed by atoms with van der Waals surface area (Å²) in [7, 11) is 0. The van der Waals surface area contributed by atoms with Crippen LogP contribution in [0.5, 0.6) is 0 Å². The molecule has 0 bridgehead atoms. The summed E-state index contributed by atoms with van der Waals surface area (Å²) in [6, 6.07) is 6.85. The first-order valence-corrected chi connectivity index (χ1v) is 7.50. The molecule has 19 heavy (non-hydrogen) atoms. The molecule has 2 aliphatic rings. The molecule has 0 amide bonds. The molecule has 3 rings (SSSR count). The van der Waals surface area contributed by atoms with E-state index < -0.39 is 0 Å². The van der Waals surface area contributed by atoms with Gasteiger partial charge in [-0.25, -0.2) is 0 Å². The van der Waals surface area contributed by atoms with Gasteiger partial charge < -0.3 is 15.4 Å². The SMILES string of the molecule is CCC1OCCC1CNCc1ccc2c(c1)CNC2. The molecule has 1 saturated heterocycles. The van der Waals surface area contributed by atoms with Gasteiger partial charge in [-0.15, -0.1) is 0 Å². The van der Waals surface area contributed by atoms with Crippen molar-refractivity contribution in [2.75, 3.05) is 13.2 Å². The quantitative estimate of drug-likeness (QED) is 0.851. The number of benzene rings is 1. The zero-order valence-electron chi connectivity index (χ0n) is 11.7. The molecule has 0 saturated carbocycles. The largest absolute Gasteiger partial charge is 0.378 e. The van der Waals surface area contributed by atoms with Gasteiger partial charge in [0.2, 0.25) is 0 Å². The molecule has 2 N–H and O–H groups in total. The number of rotatable bonds is 5. The van der Waals surface area contributed by atoms with Crippen LogP contribution in [0.2, 0.25) is 0 Å². The lowest BCUT2D eigenvalue weighted by Gasteiger charge is -2.17. The smallest absolute Gasteiger partial charge is 0.0613 e. The Hall–Kier alpha value is -0.900. The van der Waals surface area contributed by atoms with Crippen LogP contribution in [0.3, 0.4) is 0 Å². The second kappa shape index (κ2) is 6.04. The normalized spacial score (nSPS) is 25.7. The first kappa shape index (κ1) is 13.1. The Morgan fingerprint density at radius 2 is 2.21 bits per heavy atom. The predicted molar refractivity (Wildman–Crippen MR) is 76.8 cm³/mol. The Morgan fingerprint density at radius 1 is 1.32 bits per heavy atom. The first-order chi connectivity index (χ1) is 9.36. The molecular formula is C16H24N2O. The highest BCUT2D eigenvalue weighted by molar-refractivity contribution is 5.34. The molecule has 1 fully saturated rings. The van der Waals surface area contributed by atoms with Gasteiger partial charge in [-0.05, 0) is 35.4 Å². The van der Waals surface area contributed by atoms with Crippen molar-refractivity contribution in [3.8, 4) is 0 Å². The lowest BCUT2D eigenvalue weighted by molar-refractivity contribution is 0.0872. The van der Waals surface area contributed by atoms with Crippen LogP contribution in [0.1, 0.15) is 36.5 Å². The van der Waals surface area contributed by atoms with E-state index in [1.54, 1.807) is 0 Å². The second-order valence-electron chi connectivity index (χ2n) is 5.70. The summed E-state index contributed by atoms with van der Waals surface area (Å²) in [6.45, 7) is 7.26. The minimum atomic E-state index is 0.469. The maximum Gasteiger partial charge on any atom is 0.0613 e. The summed E-state index contributed by atoms with van der Waals surface area (Å²) >= 11 is 0. The number of hydrogen-bond acceptors (Lipinski definition) is 3. The molecule has 0 aromatic heterocycles. The van der Waals surface area contributed by atoms with Crippen LogP contribution in [0, 0.1) is 5.92 Å². The van der Waals surface area contributed by atoms with E-state index >= 15 is 0 Å². The fourth-order valence-electron chi connectivity index (χ4n) is 3.24. The predicted octanol–water partition coefficient (Wildman–Crippen LogP) is 2.19. The van der Waals surface area contributed by atoms with Crippen molar-refractivity contribution in [2.45, 2.75) is 45.5 Å². The molecule has 1 aromatic rings. The van der Waals surface area contributed by atoms with Crippen LogP contribution >= 0.6 is 0 Å². The van der Waals surface area contributed by atoms with Gasteiger partial charge >= 0.3 is 0 Å². The van der Waals surface area contributed by atoms with Crippen LogP contribution < -0.4 is 10.6 Å². The van der Waals surface area contributed by atoms with Crippen molar-refractivity contribution in [3.63, 3.8) is 0 Å². The molecule has 3 nitrogen and oxygen atoms in total. The van der Waals surface area contributed by atoms with Gasteiger partial charge in [0, 0.05) is 32.8 Å². The van der Waals surface area contributed by atoms with Crippen LogP contribution in [0.4, 0.5) is 0 Å². The fourth-order valence-corrected chi connectivity index (χ4v) is 3.24. The van der Waals surface area contributed by atoms with Crippen molar-refractivity contribution in [1.82, 2.24) is 10.6 Å². The number of hydrogen-bond donors (Lipinski definition) is 2. The Morgan fingerprint density at radius 3 is 3.11 bits per heavy atom. The van der Waals surface area contributed by atoms with E-state index in [1.807, 2.05) is 0 Å². The number of nitrogens with one attached hydrogen (secondary N) is 2. The van der Waals surface area contributed by atoms with Crippen LogP contribution in [-0.4, -0.2) is 19.3 Å². The second-order valence-corrected chi connectivity index (χ2v) is 5.70. The molecule has 2 unspecified atom stereocenters. The zero-order chi connectivity index (χ0) is 13.1. The van der Waals surface area contributed by atoms with Crippen LogP contribution in [-0.2, 0) is 24.4 Å². The maximum atomic E-state index is 5.73. The van der Waals surface area contributed by atoms with Gasteiger partial charge in [-0.1, -0.05) is 25.1 Å². The molecule has 2 heterocycles. The number of ether oxygens (including phenoxy) is 1. The Bertz CT molecular complexity index is 433. The monoisotopic (exact) mass is 260 g/mol. The summed E-state index contributed by atoms with van der Waals surface area (Å²) in [5.41, 5.74) is 4.32. The van der Waals surface area contributed by atoms with E-state index in [4.69, 9.17) is 4.74 Å². The molecule has 0 radical (unpaired) electrons. The van der Waals surface area contributed by atoms with Crippen molar-refractivity contribution in [3.05, 3.63) is 34.9 Å². The molecule has 1 aromatic carbocycles. The molecule has 3 heteroatoms. The lowest BCUT2D eigenvalue weighted by atomic mass is 9.99. The lowest BCUT2D eigenvalue weighted by Crippen LogP contribution is -2.28. The van der Waals surface area contributed by atoms with E-state index in [2.05, 4.69) is 35.8 Å². The maximum absolute atomic E-state index is 5.73. The Kier molecular flexibility index (Phi) is 4.16. The molecule has 0 spiro atoms. The van der Waals surface area contributed by atoms with Crippen molar-refractivity contribution >= 4 is 0 Å². The highest BCUT2D eigenvalue weighted by Crippen LogP contribution is 2.22. The van der Waals surface area contributed by atoms with Crippen molar-refractivity contribution < 1.29 is 4.74 Å². The van der Waals surface area contributed by atoms with E-state index in [1.165, 1.54) is 23.1 Å². The standard InChI is InChI=1S/C16H24N2O/c1-2-16-14(5-6-19-16)10-17-8-12-3-4-13-9-18-11-15(13)7-12/h3-4,7,14,16-18H,2,5-6,8-11H2,1H3. The average molecular weight is 260 g/mol. The third-order valence-corrected chi connectivity index (χ3v) is 4.39.